The molecule has 0 spiro atoms. The van der Waals surface area contributed by atoms with Gasteiger partial charge in [-0.25, -0.2) is 0 Å². The van der Waals surface area contributed by atoms with Crippen LogP contribution in [0.25, 0.3) is 0 Å². The van der Waals surface area contributed by atoms with Gasteiger partial charge in [0.05, 0.1) is 26.1 Å². The number of benzene rings is 1. The van der Waals surface area contributed by atoms with Crippen molar-refractivity contribution in [2.45, 2.75) is 33.1 Å². The van der Waals surface area contributed by atoms with Gasteiger partial charge in [0.2, 0.25) is 5.91 Å². The molecule has 2 N–H and O–H groups in total. The van der Waals surface area contributed by atoms with E-state index in [0.717, 1.165) is 23.7 Å². The fourth-order valence-electron chi connectivity index (χ4n) is 2.64. The molecular weight excluding hydrogens is 236 g/mol. The molecule has 0 unspecified atom stereocenters. The number of hydrogen-bond acceptors (Lipinski definition) is 1. The Hall–Kier alpha value is -1.35. The van der Waals surface area contributed by atoms with Crippen LogP contribution in [0, 0.1) is 12.8 Å². The normalized spacial score (nSPS) is 23.1. The summed E-state index contributed by atoms with van der Waals surface area (Å²) in [5, 5.41) is 3.01. The second-order valence-electron chi connectivity index (χ2n) is 5.80. The van der Waals surface area contributed by atoms with E-state index >= 15 is 0 Å². The second kappa shape index (κ2) is 6.71. The minimum atomic E-state index is 0.139. The molecule has 1 aliphatic heterocycles. The van der Waals surface area contributed by atoms with E-state index in [9.17, 15) is 4.79 Å². The molecule has 1 saturated heterocycles. The van der Waals surface area contributed by atoms with Crippen molar-refractivity contribution < 1.29 is 9.69 Å². The van der Waals surface area contributed by atoms with Crippen LogP contribution in [0.4, 0.5) is 5.69 Å². The van der Waals surface area contributed by atoms with Crippen LogP contribution in [0.15, 0.2) is 24.3 Å². The maximum Gasteiger partial charge on any atom is 0.230 e. The van der Waals surface area contributed by atoms with Crippen LogP contribution in [0.2, 0.25) is 0 Å². The molecule has 0 atom stereocenters. The number of likely N-dealkylation sites (tertiary alicyclic amines) is 1. The Kier molecular flexibility index (Phi) is 4.97. The fraction of sp³-hybridized carbons (Fsp3) is 0.562. The number of anilines is 1. The standard InChI is InChI=1S/C16H24N2O/c1-13-7-10-18(11-8-13)12-9-16(19)17-15-6-4-3-5-14(15)2/h3-6,13H,7-12H2,1-2H3,(H,17,19)/p+1. The molecule has 1 aromatic carbocycles. The van der Waals surface area contributed by atoms with E-state index in [0.29, 0.717) is 6.42 Å². The molecule has 0 radical (unpaired) electrons. The predicted molar refractivity (Wildman–Crippen MR) is 78.4 cm³/mol. The molecule has 1 heterocycles. The average Bonchev–Trinajstić information content (AvgIpc) is 2.41. The molecular formula is C16H25N2O+. The Balaban J connectivity index is 1.74. The van der Waals surface area contributed by atoms with E-state index in [1.54, 1.807) is 4.90 Å². The van der Waals surface area contributed by atoms with E-state index in [4.69, 9.17) is 0 Å². The van der Waals surface area contributed by atoms with E-state index in [2.05, 4.69) is 12.2 Å². The number of aryl methyl sites for hydroxylation is 1. The van der Waals surface area contributed by atoms with Crippen molar-refractivity contribution in [3.63, 3.8) is 0 Å². The van der Waals surface area contributed by atoms with Crippen molar-refractivity contribution >= 4 is 11.6 Å². The minimum Gasteiger partial charge on any atom is -0.334 e. The lowest BCUT2D eigenvalue weighted by Crippen LogP contribution is -3.13. The van der Waals surface area contributed by atoms with E-state index in [1.807, 2.05) is 31.2 Å². The molecule has 2 rings (SSSR count). The molecule has 0 aromatic heterocycles. The molecule has 3 heteroatoms. The molecule has 104 valence electrons. The van der Waals surface area contributed by atoms with Gasteiger partial charge in [-0.15, -0.1) is 0 Å². The maximum absolute atomic E-state index is 11.9. The van der Waals surface area contributed by atoms with Crippen LogP contribution in [-0.4, -0.2) is 25.5 Å². The summed E-state index contributed by atoms with van der Waals surface area (Å²) in [6.07, 6.45) is 3.22. The van der Waals surface area contributed by atoms with Crippen LogP contribution in [0.1, 0.15) is 31.7 Å². The summed E-state index contributed by atoms with van der Waals surface area (Å²) >= 11 is 0. The third-order valence-corrected chi connectivity index (χ3v) is 4.11. The van der Waals surface area contributed by atoms with Crippen molar-refractivity contribution in [3.05, 3.63) is 29.8 Å². The van der Waals surface area contributed by atoms with Gasteiger partial charge in [-0.1, -0.05) is 25.1 Å². The fourth-order valence-corrected chi connectivity index (χ4v) is 2.64. The first-order chi connectivity index (χ1) is 9.15. The Morgan fingerprint density at radius 2 is 2.00 bits per heavy atom. The predicted octanol–water partition coefficient (Wildman–Crippen LogP) is 1.64. The molecule has 1 amide bonds. The molecule has 1 aromatic rings. The summed E-state index contributed by atoms with van der Waals surface area (Å²) < 4.78 is 0. The summed E-state index contributed by atoms with van der Waals surface area (Å²) in [6, 6.07) is 7.93. The number of carbonyl (C=O) groups is 1. The van der Waals surface area contributed by atoms with Gasteiger partial charge in [0.25, 0.3) is 0 Å². The molecule has 0 saturated carbocycles. The number of nitrogens with one attached hydrogen (secondary N) is 2. The molecule has 19 heavy (non-hydrogen) atoms. The van der Waals surface area contributed by atoms with E-state index in [-0.39, 0.29) is 5.91 Å². The van der Waals surface area contributed by atoms with Crippen molar-refractivity contribution in [1.82, 2.24) is 0 Å². The van der Waals surface area contributed by atoms with Gasteiger partial charge in [-0.05, 0) is 37.3 Å². The first kappa shape index (κ1) is 14.1. The number of hydrogen-bond donors (Lipinski definition) is 2. The number of quaternary nitrogens is 1. The summed E-state index contributed by atoms with van der Waals surface area (Å²) in [5.74, 6) is 1.00. The summed E-state index contributed by atoms with van der Waals surface area (Å²) in [7, 11) is 0. The van der Waals surface area contributed by atoms with Crippen LogP contribution in [0.5, 0.6) is 0 Å². The highest BCUT2D eigenvalue weighted by molar-refractivity contribution is 5.91. The second-order valence-corrected chi connectivity index (χ2v) is 5.80. The zero-order valence-corrected chi connectivity index (χ0v) is 12.0. The largest absolute Gasteiger partial charge is 0.334 e. The quantitative estimate of drug-likeness (QED) is 0.849. The third-order valence-electron chi connectivity index (χ3n) is 4.11. The van der Waals surface area contributed by atoms with Gasteiger partial charge < -0.3 is 10.2 Å². The summed E-state index contributed by atoms with van der Waals surface area (Å²) in [4.78, 5) is 13.5. The van der Waals surface area contributed by atoms with Crippen molar-refractivity contribution in [2.24, 2.45) is 5.92 Å². The van der Waals surface area contributed by atoms with Crippen molar-refractivity contribution in [2.75, 3.05) is 25.0 Å². The van der Waals surface area contributed by atoms with Crippen LogP contribution in [0.3, 0.4) is 0 Å². The Morgan fingerprint density at radius 3 is 2.68 bits per heavy atom. The highest BCUT2D eigenvalue weighted by Gasteiger charge is 2.19. The van der Waals surface area contributed by atoms with Gasteiger partial charge >= 0.3 is 0 Å². The molecule has 1 aliphatic rings. The Morgan fingerprint density at radius 1 is 1.32 bits per heavy atom. The summed E-state index contributed by atoms with van der Waals surface area (Å²) in [6.45, 7) is 7.75. The topological polar surface area (TPSA) is 33.5 Å². The van der Waals surface area contributed by atoms with Crippen molar-refractivity contribution in [1.29, 1.82) is 0 Å². The van der Waals surface area contributed by atoms with Gasteiger partial charge in [-0.3, -0.25) is 4.79 Å². The van der Waals surface area contributed by atoms with Crippen molar-refractivity contribution in [3.8, 4) is 0 Å². The lowest BCUT2D eigenvalue weighted by atomic mass is 9.99. The molecule has 1 fully saturated rings. The SMILES string of the molecule is Cc1ccccc1NC(=O)CC[NH+]1CCC(C)CC1. The maximum atomic E-state index is 11.9. The lowest BCUT2D eigenvalue weighted by Gasteiger charge is -2.27. The highest BCUT2D eigenvalue weighted by atomic mass is 16.1. The Labute approximate surface area is 116 Å². The average molecular weight is 261 g/mol. The molecule has 0 bridgehead atoms. The highest BCUT2D eigenvalue weighted by Crippen LogP contribution is 2.13. The van der Waals surface area contributed by atoms with E-state index < -0.39 is 0 Å². The van der Waals surface area contributed by atoms with Crippen LogP contribution < -0.4 is 10.2 Å². The monoisotopic (exact) mass is 261 g/mol. The number of rotatable bonds is 4. The zero-order chi connectivity index (χ0) is 13.7. The van der Waals surface area contributed by atoms with E-state index in [1.165, 1.54) is 25.9 Å². The number of carbonyl (C=O) groups excluding carboxylic acids is 1. The van der Waals surface area contributed by atoms with Crippen LogP contribution in [-0.2, 0) is 4.79 Å². The molecule has 3 nitrogen and oxygen atoms in total. The van der Waals surface area contributed by atoms with Gasteiger partial charge in [0, 0.05) is 5.69 Å². The van der Waals surface area contributed by atoms with Gasteiger partial charge in [0.1, 0.15) is 0 Å². The lowest BCUT2D eigenvalue weighted by molar-refractivity contribution is -0.905. The smallest absolute Gasteiger partial charge is 0.230 e. The Bertz CT molecular complexity index is 423. The first-order valence-electron chi connectivity index (χ1n) is 7.34. The first-order valence-corrected chi connectivity index (χ1v) is 7.34. The number of piperidine rings is 1. The van der Waals surface area contributed by atoms with Gasteiger partial charge in [-0.2, -0.15) is 0 Å². The number of para-hydroxylation sites is 1. The van der Waals surface area contributed by atoms with Gasteiger partial charge in [0.15, 0.2) is 0 Å². The molecule has 0 aliphatic carbocycles. The van der Waals surface area contributed by atoms with Crippen LogP contribution >= 0.6 is 0 Å². The third kappa shape index (κ3) is 4.35. The summed E-state index contributed by atoms with van der Waals surface area (Å²) in [5.41, 5.74) is 2.06. The zero-order valence-electron chi connectivity index (χ0n) is 12.0. The minimum absolute atomic E-state index is 0.139. The number of amides is 1.